The molecule has 142 valence electrons. The van der Waals surface area contributed by atoms with Crippen molar-refractivity contribution in [1.82, 2.24) is 10.2 Å². The van der Waals surface area contributed by atoms with Gasteiger partial charge in [0.05, 0.1) is 5.92 Å². The Hall–Kier alpha value is -2.33. The lowest BCUT2D eigenvalue weighted by molar-refractivity contribution is -0.126. The molecule has 27 heavy (non-hydrogen) atoms. The quantitative estimate of drug-likeness (QED) is 0.861. The van der Waals surface area contributed by atoms with E-state index in [-0.39, 0.29) is 17.7 Å². The van der Waals surface area contributed by atoms with Crippen LogP contribution < -0.4 is 5.32 Å². The molecular weight excluding hydrogens is 360 g/mol. The SMILES string of the molecule is Cc1cc(C)cc(C(=O)N2CCC[C@H](C(=O)NCc3ccc(Cl)cc3)C2)c1. The molecule has 2 aromatic carbocycles. The van der Waals surface area contributed by atoms with Crippen LogP contribution in [-0.4, -0.2) is 29.8 Å². The number of nitrogens with zero attached hydrogens (tertiary/aromatic N) is 1. The summed E-state index contributed by atoms with van der Waals surface area (Å²) in [5.74, 6) is -0.152. The maximum atomic E-state index is 12.9. The number of halogens is 1. The molecule has 2 aromatic rings. The molecule has 1 aliphatic rings. The van der Waals surface area contributed by atoms with Crippen LogP contribution in [0.5, 0.6) is 0 Å². The van der Waals surface area contributed by atoms with Gasteiger partial charge in [0.15, 0.2) is 0 Å². The molecule has 1 N–H and O–H groups in total. The van der Waals surface area contributed by atoms with Gasteiger partial charge in [0.1, 0.15) is 0 Å². The summed E-state index contributed by atoms with van der Waals surface area (Å²) in [5, 5.41) is 3.66. The Kier molecular flexibility index (Phi) is 6.17. The Morgan fingerprint density at radius 1 is 1.11 bits per heavy atom. The second-order valence-electron chi connectivity index (χ2n) is 7.31. The average Bonchev–Trinajstić information content (AvgIpc) is 2.66. The lowest BCUT2D eigenvalue weighted by Gasteiger charge is -2.32. The molecular formula is C22H25ClN2O2. The molecule has 1 atom stereocenters. The molecule has 3 rings (SSSR count). The number of likely N-dealkylation sites (tertiary alicyclic amines) is 1. The first-order chi connectivity index (χ1) is 12.9. The van der Waals surface area contributed by atoms with Gasteiger partial charge in [-0.25, -0.2) is 0 Å². The standard InChI is InChI=1S/C22H25ClN2O2/c1-15-10-16(2)12-19(11-15)22(27)25-9-3-4-18(14-25)21(26)24-13-17-5-7-20(23)8-6-17/h5-8,10-12,18H,3-4,9,13-14H2,1-2H3,(H,24,26)/t18-/m0/s1. The second kappa shape index (κ2) is 8.57. The van der Waals surface area contributed by atoms with E-state index in [2.05, 4.69) is 11.4 Å². The zero-order valence-corrected chi connectivity index (χ0v) is 16.6. The highest BCUT2D eigenvalue weighted by molar-refractivity contribution is 6.30. The number of benzene rings is 2. The van der Waals surface area contributed by atoms with Gasteiger partial charge in [-0.3, -0.25) is 9.59 Å². The van der Waals surface area contributed by atoms with Crippen molar-refractivity contribution in [3.63, 3.8) is 0 Å². The molecule has 2 amide bonds. The molecule has 1 heterocycles. The van der Waals surface area contributed by atoms with Gasteiger partial charge in [0, 0.05) is 30.2 Å². The van der Waals surface area contributed by atoms with E-state index in [1.54, 1.807) is 0 Å². The van der Waals surface area contributed by atoms with Crippen molar-refractivity contribution < 1.29 is 9.59 Å². The van der Waals surface area contributed by atoms with Crippen LogP contribution in [0.15, 0.2) is 42.5 Å². The van der Waals surface area contributed by atoms with Crippen LogP contribution in [0.3, 0.4) is 0 Å². The third-order valence-electron chi connectivity index (χ3n) is 4.93. The van der Waals surface area contributed by atoms with Gasteiger partial charge in [-0.1, -0.05) is 40.9 Å². The maximum Gasteiger partial charge on any atom is 0.253 e. The van der Waals surface area contributed by atoms with Crippen molar-refractivity contribution in [3.05, 3.63) is 69.7 Å². The predicted molar refractivity (Wildman–Crippen MR) is 108 cm³/mol. The van der Waals surface area contributed by atoms with E-state index >= 15 is 0 Å². The number of carbonyl (C=O) groups excluding carboxylic acids is 2. The van der Waals surface area contributed by atoms with Gasteiger partial charge in [0.2, 0.25) is 5.91 Å². The van der Waals surface area contributed by atoms with Crippen LogP contribution in [0.4, 0.5) is 0 Å². The first-order valence-corrected chi connectivity index (χ1v) is 9.70. The van der Waals surface area contributed by atoms with E-state index in [0.29, 0.717) is 30.2 Å². The van der Waals surface area contributed by atoms with Gasteiger partial charge < -0.3 is 10.2 Å². The molecule has 0 spiro atoms. The summed E-state index contributed by atoms with van der Waals surface area (Å²) < 4.78 is 0. The molecule has 1 fully saturated rings. The van der Waals surface area contributed by atoms with Gasteiger partial charge in [-0.2, -0.15) is 0 Å². The number of hydrogen-bond donors (Lipinski definition) is 1. The van der Waals surface area contributed by atoms with Crippen molar-refractivity contribution in [2.75, 3.05) is 13.1 Å². The topological polar surface area (TPSA) is 49.4 Å². The summed E-state index contributed by atoms with van der Waals surface area (Å²) in [4.78, 5) is 27.3. The number of hydrogen-bond acceptors (Lipinski definition) is 2. The largest absolute Gasteiger partial charge is 0.352 e. The zero-order valence-electron chi connectivity index (χ0n) is 15.8. The average molecular weight is 385 g/mol. The highest BCUT2D eigenvalue weighted by Gasteiger charge is 2.28. The van der Waals surface area contributed by atoms with Gasteiger partial charge >= 0.3 is 0 Å². The molecule has 0 aromatic heterocycles. The minimum atomic E-state index is -0.166. The Balaban J connectivity index is 1.60. The molecule has 0 radical (unpaired) electrons. The first kappa shape index (κ1) is 19.4. The van der Waals surface area contributed by atoms with E-state index in [4.69, 9.17) is 11.6 Å². The molecule has 1 aliphatic heterocycles. The van der Waals surface area contributed by atoms with Gasteiger partial charge in [-0.05, 0) is 56.5 Å². The van der Waals surface area contributed by atoms with Crippen LogP contribution in [-0.2, 0) is 11.3 Å². The normalized spacial score (nSPS) is 16.9. The number of nitrogens with one attached hydrogen (secondary N) is 1. The summed E-state index contributed by atoms with van der Waals surface area (Å²) in [6.45, 7) is 5.63. The van der Waals surface area contributed by atoms with E-state index < -0.39 is 0 Å². The van der Waals surface area contributed by atoms with E-state index in [1.165, 1.54) is 0 Å². The number of carbonyl (C=O) groups is 2. The Morgan fingerprint density at radius 3 is 2.44 bits per heavy atom. The van der Waals surface area contributed by atoms with Crippen molar-refractivity contribution in [2.45, 2.75) is 33.2 Å². The number of aryl methyl sites for hydroxylation is 2. The molecule has 1 saturated heterocycles. The van der Waals surface area contributed by atoms with E-state index in [1.807, 2.05) is 55.1 Å². The number of amides is 2. The first-order valence-electron chi connectivity index (χ1n) is 9.32. The van der Waals surface area contributed by atoms with Crippen LogP contribution >= 0.6 is 11.6 Å². The lowest BCUT2D eigenvalue weighted by Crippen LogP contribution is -2.45. The van der Waals surface area contributed by atoms with Crippen molar-refractivity contribution in [2.24, 2.45) is 5.92 Å². The molecule has 0 bridgehead atoms. The minimum absolute atomic E-state index is 0.00266. The summed E-state index contributed by atoms with van der Waals surface area (Å²) in [6, 6.07) is 13.3. The smallest absolute Gasteiger partial charge is 0.253 e. The van der Waals surface area contributed by atoms with Crippen LogP contribution in [0.25, 0.3) is 0 Å². The molecule has 0 unspecified atom stereocenters. The van der Waals surface area contributed by atoms with E-state index in [9.17, 15) is 9.59 Å². The Labute approximate surface area is 165 Å². The van der Waals surface area contributed by atoms with Crippen molar-refractivity contribution in [3.8, 4) is 0 Å². The molecule has 5 heteroatoms. The fourth-order valence-electron chi connectivity index (χ4n) is 3.59. The van der Waals surface area contributed by atoms with Crippen molar-refractivity contribution >= 4 is 23.4 Å². The summed E-state index contributed by atoms with van der Waals surface area (Å²) >= 11 is 5.89. The van der Waals surface area contributed by atoms with Crippen LogP contribution in [0.2, 0.25) is 5.02 Å². The van der Waals surface area contributed by atoms with Crippen LogP contribution in [0, 0.1) is 19.8 Å². The Bertz CT molecular complexity index is 812. The summed E-state index contributed by atoms with van der Waals surface area (Å²) in [5.41, 5.74) is 3.86. The number of rotatable bonds is 4. The van der Waals surface area contributed by atoms with Gasteiger partial charge in [0.25, 0.3) is 5.91 Å². The summed E-state index contributed by atoms with van der Waals surface area (Å²) in [6.07, 6.45) is 1.65. The fourth-order valence-corrected chi connectivity index (χ4v) is 3.72. The number of piperidine rings is 1. The zero-order chi connectivity index (χ0) is 19.4. The minimum Gasteiger partial charge on any atom is -0.352 e. The monoisotopic (exact) mass is 384 g/mol. The lowest BCUT2D eigenvalue weighted by atomic mass is 9.96. The summed E-state index contributed by atoms with van der Waals surface area (Å²) in [7, 11) is 0. The van der Waals surface area contributed by atoms with E-state index in [0.717, 1.165) is 29.5 Å². The molecule has 0 aliphatic carbocycles. The van der Waals surface area contributed by atoms with Crippen molar-refractivity contribution in [1.29, 1.82) is 0 Å². The third-order valence-corrected chi connectivity index (χ3v) is 5.18. The Morgan fingerprint density at radius 2 is 1.78 bits per heavy atom. The highest BCUT2D eigenvalue weighted by atomic mass is 35.5. The second-order valence-corrected chi connectivity index (χ2v) is 7.75. The predicted octanol–water partition coefficient (Wildman–Crippen LogP) is 4.13. The fraction of sp³-hybridized carbons (Fsp3) is 0.364. The molecule has 4 nitrogen and oxygen atoms in total. The maximum absolute atomic E-state index is 12.9. The van der Waals surface area contributed by atoms with Gasteiger partial charge in [-0.15, -0.1) is 0 Å². The third kappa shape index (κ3) is 5.10. The molecule has 0 saturated carbocycles. The van der Waals surface area contributed by atoms with Crippen LogP contribution in [0.1, 0.15) is 39.9 Å². The highest BCUT2D eigenvalue weighted by Crippen LogP contribution is 2.20.